The van der Waals surface area contributed by atoms with Crippen LogP contribution in [0.5, 0.6) is 5.75 Å². The first-order chi connectivity index (χ1) is 13.1. The van der Waals surface area contributed by atoms with E-state index < -0.39 is 0 Å². The number of carbonyl (C=O) groups is 2. The summed E-state index contributed by atoms with van der Waals surface area (Å²) in [5.41, 5.74) is 2.94. The Bertz CT molecular complexity index is 876. The lowest BCUT2D eigenvalue weighted by Gasteiger charge is -2.28. The molecule has 27 heavy (non-hydrogen) atoms. The SMILES string of the molecule is CCN1C[C@@H](C(=O)N2CCc3nc(-c4cccc(OC)c4)[nH]c3C2)CC1=O. The second kappa shape index (κ2) is 7.06. The van der Waals surface area contributed by atoms with Crippen LogP contribution in [0, 0.1) is 5.92 Å². The Morgan fingerprint density at radius 2 is 2.26 bits per heavy atom. The second-order valence-electron chi connectivity index (χ2n) is 7.09. The summed E-state index contributed by atoms with van der Waals surface area (Å²) in [7, 11) is 1.64. The summed E-state index contributed by atoms with van der Waals surface area (Å²) in [5.74, 6) is 1.50. The number of likely N-dealkylation sites (tertiary alicyclic amines) is 1. The number of aromatic amines is 1. The first kappa shape index (κ1) is 17.6. The van der Waals surface area contributed by atoms with Crippen LogP contribution in [0.4, 0.5) is 0 Å². The van der Waals surface area contributed by atoms with E-state index in [4.69, 9.17) is 9.72 Å². The third-order valence-electron chi connectivity index (χ3n) is 5.43. The van der Waals surface area contributed by atoms with Crippen LogP contribution in [-0.2, 0) is 22.6 Å². The number of fused-ring (bicyclic) bond motifs is 1. The fraction of sp³-hybridized carbons (Fsp3) is 0.450. The molecule has 7 nitrogen and oxygen atoms in total. The summed E-state index contributed by atoms with van der Waals surface area (Å²) < 4.78 is 5.28. The lowest BCUT2D eigenvalue weighted by molar-refractivity contribution is -0.136. The van der Waals surface area contributed by atoms with Crippen molar-refractivity contribution in [3.63, 3.8) is 0 Å². The van der Waals surface area contributed by atoms with E-state index in [1.165, 1.54) is 0 Å². The molecule has 1 aromatic carbocycles. The van der Waals surface area contributed by atoms with Crippen LogP contribution < -0.4 is 4.74 Å². The zero-order chi connectivity index (χ0) is 19.0. The molecule has 1 N–H and O–H groups in total. The highest BCUT2D eigenvalue weighted by atomic mass is 16.5. The number of amides is 2. The monoisotopic (exact) mass is 368 g/mol. The van der Waals surface area contributed by atoms with Gasteiger partial charge in [0.15, 0.2) is 0 Å². The van der Waals surface area contributed by atoms with Gasteiger partial charge >= 0.3 is 0 Å². The maximum Gasteiger partial charge on any atom is 0.228 e. The maximum absolute atomic E-state index is 12.9. The number of nitrogens with zero attached hydrogens (tertiary/aromatic N) is 3. The standard InChI is InChI=1S/C20H24N4O3/c1-3-23-11-14(10-18(23)25)20(26)24-8-7-16-17(12-24)22-19(21-16)13-5-4-6-15(9-13)27-2/h4-6,9,14H,3,7-8,10-12H2,1-2H3,(H,21,22)/t14-/m0/s1. The summed E-state index contributed by atoms with van der Waals surface area (Å²) >= 11 is 0. The smallest absolute Gasteiger partial charge is 0.228 e. The maximum atomic E-state index is 12.9. The number of nitrogens with one attached hydrogen (secondary N) is 1. The molecule has 0 aliphatic carbocycles. The Labute approximate surface area is 158 Å². The Balaban J connectivity index is 1.49. The van der Waals surface area contributed by atoms with Gasteiger partial charge in [0.1, 0.15) is 11.6 Å². The van der Waals surface area contributed by atoms with E-state index in [0.29, 0.717) is 32.6 Å². The summed E-state index contributed by atoms with van der Waals surface area (Å²) in [5, 5.41) is 0. The minimum absolute atomic E-state index is 0.0717. The van der Waals surface area contributed by atoms with Crippen LogP contribution >= 0.6 is 0 Å². The van der Waals surface area contributed by atoms with Crippen LogP contribution in [0.2, 0.25) is 0 Å². The van der Waals surface area contributed by atoms with Gasteiger partial charge in [-0.3, -0.25) is 9.59 Å². The van der Waals surface area contributed by atoms with E-state index in [-0.39, 0.29) is 17.7 Å². The number of hydrogen-bond acceptors (Lipinski definition) is 4. The highest BCUT2D eigenvalue weighted by Crippen LogP contribution is 2.27. The number of imidazole rings is 1. The van der Waals surface area contributed by atoms with Crippen LogP contribution in [0.25, 0.3) is 11.4 Å². The molecule has 2 aliphatic heterocycles. The molecule has 3 heterocycles. The Morgan fingerprint density at radius 1 is 1.41 bits per heavy atom. The molecule has 0 saturated carbocycles. The van der Waals surface area contributed by atoms with Gasteiger partial charge in [-0.25, -0.2) is 4.98 Å². The number of rotatable bonds is 4. The number of ether oxygens (including phenoxy) is 1. The van der Waals surface area contributed by atoms with Crippen LogP contribution in [0.1, 0.15) is 24.7 Å². The summed E-state index contributed by atoms with van der Waals surface area (Å²) in [6, 6.07) is 7.76. The molecular formula is C20H24N4O3. The summed E-state index contributed by atoms with van der Waals surface area (Å²) in [6.07, 6.45) is 1.05. The van der Waals surface area contributed by atoms with E-state index in [1.54, 1.807) is 12.0 Å². The predicted molar refractivity (Wildman–Crippen MR) is 100 cm³/mol. The van der Waals surface area contributed by atoms with Crippen molar-refractivity contribution < 1.29 is 14.3 Å². The highest BCUT2D eigenvalue weighted by Gasteiger charge is 2.37. The third-order valence-corrected chi connectivity index (χ3v) is 5.43. The Hall–Kier alpha value is -2.83. The van der Waals surface area contributed by atoms with Crippen LogP contribution in [0.15, 0.2) is 24.3 Å². The van der Waals surface area contributed by atoms with Crippen LogP contribution in [-0.4, -0.2) is 58.3 Å². The zero-order valence-corrected chi connectivity index (χ0v) is 15.7. The van der Waals surface area contributed by atoms with Gasteiger partial charge in [-0.2, -0.15) is 0 Å². The zero-order valence-electron chi connectivity index (χ0n) is 15.7. The molecule has 0 bridgehead atoms. The van der Waals surface area contributed by atoms with Crippen molar-refractivity contribution in [3.05, 3.63) is 35.7 Å². The minimum Gasteiger partial charge on any atom is -0.497 e. The molecule has 7 heteroatoms. The van der Waals surface area contributed by atoms with E-state index in [1.807, 2.05) is 36.1 Å². The van der Waals surface area contributed by atoms with Gasteiger partial charge in [-0.1, -0.05) is 12.1 Å². The molecule has 1 aromatic heterocycles. The van der Waals surface area contributed by atoms with Crippen molar-refractivity contribution in [1.82, 2.24) is 19.8 Å². The predicted octanol–water partition coefficient (Wildman–Crippen LogP) is 1.84. The number of hydrogen-bond donors (Lipinski definition) is 1. The summed E-state index contributed by atoms with van der Waals surface area (Å²) in [4.78, 5) is 36.5. The van der Waals surface area contributed by atoms with Gasteiger partial charge in [-0.05, 0) is 19.1 Å². The van der Waals surface area contributed by atoms with Gasteiger partial charge in [0.05, 0.1) is 31.0 Å². The number of methoxy groups -OCH3 is 1. The number of benzene rings is 1. The minimum atomic E-state index is -0.222. The largest absolute Gasteiger partial charge is 0.497 e. The lowest BCUT2D eigenvalue weighted by Crippen LogP contribution is -2.40. The van der Waals surface area contributed by atoms with Gasteiger partial charge in [-0.15, -0.1) is 0 Å². The van der Waals surface area contributed by atoms with Gasteiger partial charge in [0.2, 0.25) is 11.8 Å². The molecule has 1 saturated heterocycles. The van der Waals surface area contributed by atoms with Crippen molar-refractivity contribution in [1.29, 1.82) is 0 Å². The average molecular weight is 368 g/mol. The van der Waals surface area contributed by atoms with Crippen molar-refractivity contribution in [2.75, 3.05) is 26.7 Å². The van der Waals surface area contributed by atoms with Gasteiger partial charge < -0.3 is 19.5 Å². The van der Waals surface area contributed by atoms with E-state index in [2.05, 4.69) is 4.98 Å². The molecule has 0 unspecified atom stereocenters. The summed E-state index contributed by atoms with van der Waals surface area (Å²) in [6.45, 7) is 4.31. The molecule has 0 spiro atoms. The Morgan fingerprint density at radius 3 is 3.00 bits per heavy atom. The normalized spacial score (nSPS) is 19.3. The first-order valence-electron chi connectivity index (χ1n) is 9.37. The lowest BCUT2D eigenvalue weighted by atomic mass is 10.0. The van der Waals surface area contributed by atoms with Crippen molar-refractivity contribution in [2.24, 2.45) is 5.92 Å². The van der Waals surface area contributed by atoms with Gasteiger partial charge in [0, 0.05) is 38.0 Å². The van der Waals surface area contributed by atoms with E-state index >= 15 is 0 Å². The fourth-order valence-corrected chi connectivity index (χ4v) is 3.89. The quantitative estimate of drug-likeness (QED) is 0.893. The number of aromatic nitrogens is 2. The van der Waals surface area contributed by atoms with Crippen molar-refractivity contribution >= 4 is 11.8 Å². The Kier molecular flexibility index (Phi) is 4.59. The van der Waals surface area contributed by atoms with E-state index in [0.717, 1.165) is 34.9 Å². The fourth-order valence-electron chi connectivity index (χ4n) is 3.89. The molecule has 142 valence electrons. The number of carbonyl (C=O) groups excluding carboxylic acids is 2. The first-order valence-corrected chi connectivity index (χ1v) is 9.37. The topological polar surface area (TPSA) is 78.5 Å². The van der Waals surface area contributed by atoms with Crippen molar-refractivity contribution in [2.45, 2.75) is 26.3 Å². The van der Waals surface area contributed by atoms with Crippen molar-refractivity contribution in [3.8, 4) is 17.1 Å². The average Bonchev–Trinajstić information content (AvgIpc) is 3.30. The molecule has 2 aliphatic rings. The molecule has 2 amide bonds. The van der Waals surface area contributed by atoms with Crippen LogP contribution in [0.3, 0.4) is 0 Å². The molecule has 4 rings (SSSR count). The molecule has 1 atom stereocenters. The highest BCUT2D eigenvalue weighted by molar-refractivity contribution is 5.89. The van der Waals surface area contributed by atoms with E-state index in [9.17, 15) is 9.59 Å². The molecule has 2 aromatic rings. The molecule has 1 fully saturated rings. The molecule has 0 radical (unpaired) electrons. The number of H-pyrrole nitrogens is 1. The van der Waals surface area contributed by atoms with Gasteiger partial charge in [0.25, 0.3) is 0 Å². The third kappa shape index (κ3) is 3.29. The second-order valence-corrected chi connectivity index (χ2v) is 7.09. The molecular weight excluding hydrogens is 344 g/mol.